The molecule has 0 unspecified atom stereocenters. The van der Waals surface area contributed by atoms with Gasteiger partial charge in [0.25, 0.3) is 5.91 Å². The molecule has 0 aliphatic carbocycles. The molecular formula is C18H18ClFN2O4S. The van der Waals surface area contributed by atoms with Crippen LogP contribution < -0.4 is 5.32 Å². The van der Waals surface area contributed by atoms with Gasteiger partial charge in [-0.3, -0.25) is 4.79 Å². The molecule has 9 heteroatoms. The predicted molar refractivity (Wildman–Crippen MR) is 98.6 cm³/mol. The standard InChI is InChI=1S/C18H18ClFN2O4S/c19-16-6-5-14(27(24,25)22-7-9-26-10-8-22)11-15(16)18(23)21-12-13-3-1-2-4-17(13)20/h1-6,11H,7-10,12H2,(H,21,23). The van der Waals surface area contributed by atoms with Crippen LogP contribution in [0.25, 0.3) is 0 Å². The molecule has 2 aromatic carbocycles. The van der Waals surface area contributed by atoms with Gasteiger partial charge in [-0.05, 0) is 24.3 Å². The van der Waals surface area contributed by atoms with E-state index in [9.17, 15) is 17.6 Å². The van der Waals surface area contributed by atoms with Crippen LogP contribution in [0.2, 0.25) is 5.02 Å². The number of rotatable bonds is 5. The summed E-state index contributed by atoms with van der Waals surface area (Å²) in [7, 11) is -3.75. The molecule has 1 amide bonds. The van der Waals surface area contributed by atoms with E-state index < -0.39 is 21.7 Å². The Balaban J connectivity index is 1.80. The number of carbonyl (C=O) groups is 1. The molecule has 1 N–H and O–H groups in total. The van der Waals surface area contributed by atoms with Gasteiger partial charge in [0.05, 0.1) is 28.7 Å². The van der Waals surface area contributed by atoms with Crippen LogP contribution in [0.4, 0.5) is 4.39 Å². The van der Waals surface area contributed by atoms with Crippen molar-refractivity contribution >= 4 is 27.5 Å². The molecule has 6 nitrogen and oxygen atoms in total. The fourth-order valence-electron chi connectivity index (χ4n) is 2.69. The van der Waals surface area contributed by atoms with Crippen molar-refractivity contribution in [3.8, 4) is 0 Å². The molecule has 1 heterocycles. The van der Waals surface area contributed by atoms with Gasteiger partial charge in [0.1, 0.15) is 5.82 Å². The van der Waals surface area contributed by atoms with Crippen LogP contribution >= 0.6 is 11.6 Å². The van der Waals surface area contributed by atoms with Gasteiger partial charge in [-0.25, -0.2) is 12.8 Å². The third-order valence-corrected chi connectivity index (χ3v) is 6.41. The Hall–Kier alpha value is -2.00. The minimum atomic E-state index is -3.75. The van der Waals surface area contributed by atoms with Crippen LogP contribution in [-0.2, 0) is 21.3 Å². The smallest absolute Gasteiger partial charge is 0.253 e. The van der Waals surface area contributed by atoms with Gasteiger partial charge in [0, 0.05) is 25.2 Å². The molecule has 0 aromatic heterocycles. The lowest BCUT2D eigenvalue weighted by Gasteiger charge is -2.26. The summed E-state index contributed by atoms with van der Waals surface area (Å²) < 4.78 is 45.6. The van der Waals surface area contributed by atoms with Crippen LogP contribution in [0.15, 0.2) is 47.4 Å². The lowest BCUT2D eigenvalue weighted by molar-refractivity contribution is 0.0730. The number of nitrogens with one attached hydrogen (secondary N) is 1. The highest BCUT2D eigenvalue weighted by Crippen LogP contribution is 2.24. The molecule has 3 rings (SSSR count). The summed E-state index contributed by atoms with van der Waals surface area (Å²) in [6.07, 6.45) is 0. The van der Waals surface area contributed by atoms with Crippen molar-refractivity contribution in [3.05, 3.63) is 64.4 Å². The highest BCUT2D eigenvalue weighted by Gasteiger charge is 2.27. The van der Waals surface area contributed by atoms with Gasteiger partial charge in [-0.15, -0.1) is 0 Å². The zero-order valence-electron chi connectivity index (χ0n) is 14.3. The summed E-state index contributed by atoms with van der Waals surface area (Å²) in [5.41, 5.74) is 0.335. The maximum absolute atomic E-state index is 13.7. The Morgan fingerprint density at radius 3 is 2.59 bits per heavy atom. The number of halogens is 2. The summed E-state index contributed by atoms with van der Waals surface area (Å²) in [5, 5.41) is 2.68. The Morgan fingerprint density at radius 1 is 1.19 bits per heavy atom. The summed E-state index contributed by atoms with van der Waals surface area (Å²) in [4.78, 5) is 12.4. The zero-order chi connectivity index (χ0) is 19.4. The van der Waals surface area contributed by atoms with E-state index in [0.29, 0.717) is 18.8 Å². The number of carbonyl (C=O) groups excluding carboxylic acids is 1. The lowest BCUT2D eigenvalue weighted by atomic mass is 10.2. The fourth-order valence-corrected chi connectivity index (χ4v) is 4.33. The van der Waals surface area contributed by atoms with Crippen molar-refractivity contribution in [1.29, 1.82) is 0 Å². The first-order valence-corrected chi connectivity index (χ1v) is 10.1. The molecule has 1 fully saturated rings. The number of amides is 1. The maximum Gasteiger partial charge on any atom is 0.253 e. The maximum atomic E-state index is 13.7. The highest BCUT2D eigenvalue weighted by molar-refractivity contribution is 7.89. The van der Waals surface area contributed by atoms with Gasteiger partial charge >= 0.3 is 0 Å². The minimum absolute atomic E-state index is 0.0161. The average molecular weight is 413 g/mol. The van der Waals surface area contributed by atoms with Crippen LogP contribution in [0.3, 0.4) is 0 Å². The molecule has 0 saturated carbocycles. The first kappa shape index (κ1) is 19.8. The molecule has 1 saturated heterocycles. The van der Waals surface area contributed by atoms with Crippen LogP contribution in [0.5, 0.6) is 0 Å². The zero-order valence-corrected chi connectivity index (χ0v) is 15.9. The van der Waals surface area contributed by atoms with Crippen LogP contribution in [0, 0.1) is 5.82 Å². The number of morpholine rings is 1. The largest absolute Gasteiger partial charge is 0.379 e. The number of nitrogens with zero attached hydrogens (tertiary/aromatic N) is 1. The minimum Gasteiger partial charge on any atom is -0.379 e. The average Bonchev–Trinajstić information content (AvgIpc) is 2.68. The van der Waals surface area contributed by atoms with E-state index in [0.717, 1.165) is 0 Å². The molecule has 1 aliphatic rings. The number of hydrogen-bond acceptors (Lipinski definition) is 4. The van der Waals surface area contributed by atoms with Crippen molar-refractivity contribution in [3.63, 3.8) is 0 Å². The fraction of sp³-hybridized carbons (Fsp3) is 0.278. The van der Waals surface area contributed by atoms with Crippen molar-refractivity contribution in [1.82, 2.24) is 9.62 Å². The van der Waals surface area contributed by atoms with E-state index in [1.807, 2.05) is 0 Å². The van der Waals surface area contributed by atoms with Gasteiger partial charge in [0.15, 0.2) is 0 Å². The SMILES string of the molecule is O=C(NCc1ccccc1F)c1cc(S(=O)(=O)N2CCOCC2)ccc1Cl. The second kappa shape index (κ2) is 8.35. The Kier molecular flexibility index (Phi) is 6.11. The van der Waals surface area contributed by atoms with Crippen molar-refractivity contribution in [2.24, 2.45) is 0 Å². The third-order valence-electron chi connectivity index (χ3n) is 4.19. The molecule has 0 spiro atoms. The van der Waals surface area contributed by atoms with E-state index in [4.69, 9.17) is 16.3 Å². The second-order valence-electron chi connectivity index (χ2n) is 5.93. The number of sulfonamides is 1. The molecular weight excluding hydrogens is 395 g/mol. The molecule has 2 aromatic rings. The molecule has 0 radical (unpaired) electrons. The number of benzene rings is 2. The van der Waals surface area contributed by atoms with Gasteiger partial charge in [-0.2, -0.15) is 4.31 Å². The van der Waals surface area contributed by atoms with E-state index in [2.05, 4.69) is 5.32 Å². The molecule has 144 valence electrons. The summed E-state index contributed by atoms with van der Waals surface area (Å²) in [6.45, 7) is 1.10. The molecule has 1 aliphatic heterocycles. The van der Waals surface area contributed by atoms with Crippen LogP contribution in [-0.4, -0.2) is 44.9 Å². The third kappa shape index (κ3) is 4.47. The van der Waals surface area contributed by atoms with Gasteiger partial charge in [-0.1, -0.05) is 29.8 Å². The number of hydrogen-bond donors (Lipinski definition) is 1. The number of ether oxygens (including phenoxy) is 1. The Labute approximate surface area is 161 Å². The molecule has 0 atom stereocenters. The Bertz CT molecular complexity index is 946. The summed E-state index contributed by atoms with van der Waals surface area (Å²) in [5.74, 6) is -1.02. The Morgan fingerprint density at radius 2 is 1.89 bits per heavy atom. The monoisotopic (exact) mass is 412 g/mol. The summed E-state index contributed by atoms with van der Waals surface area (Å²) >= 11 is 6.08. The molecule has 0 bridgehead atoms. The predicted octanol–water partition coefficient (Wildman–Crippen LogP) is 2.43. The topological polar surface area (TPSA) is 75.7 Å². The first-order chi connectivity index (χ1) is 12.9. The van der Waals surface area contributed by atoms with E-state index in [1.165, 1.54) is 28.6 Å². The normalized spacial score (nSPS) is 15.5. The van der Waals surface area contributed by atoms with Gasteiger partial charge < -0.3 is 10.1 Å². The quantitative estimate of drug-likeness (QED) is 0.818. The highest BCUT2D eigenvalue weighted by atomic mass is 35.5. The van der Waals surface area contributed by atoms with Crippen molar-refractivity contribution < 1.29 is 22.3 Å². The van der Waals surface area contributed by atoms with Crippen molar-refractivity contribution in [2.45, 2.75) is 11.4 Å². The van der Waals surface area contributed by atoms with E-state index >= 15 is 0 Å². The molecule has 27 heavy (non-hydrogen) atoms. The van der Waals surface area contributed by atoms with E-state index in [1.54, 1.807) is 18.2 Å². The van der Waals surface area contributed by atoms with Gasteiger partial charge in [0.2, 0.25) is 10.0 Å². The lowest BCUT2D eigenvalue weighted by Crippen LogP contribution is -2.40. The van der Waals surface area contributed by atoms with Crippen LogP contribution in [0.1, 0.15) is 15.9 Å². The second-order valence-corrected chi connectivity index (χ2v) is 8.28. The summed E-state index contributed by atoms with van der Waals surface area (Å²) in [6, 6.07) is 10.0. The van der Waals surface area contributed by atoms with E-state index in [-0.39, 0.29) is 35.1 Å². The first-order valence-electron chi connectivity index (χ1n) is 8.28. The van der Waals surface area contributed by atoms with Crippen molar-refractivity contribution in [2.75, 3.05) is 26.3 Å².